The van der Waals surface area contributed by atoms with Crippen LogP contribution >= 0.6 is 0 Å². The van der Waals surface area contributed by atoms with Crippen LogP contribution < -0.4 is 22.1 Å². The van der Waals surface area contributed by atoms with Gasteiger partial charge in [-0.3, -0.25) is 9.59 Å². The molecule has 3 rings (SSSR count). The SMILES string of the molecule is Cc1cc(N)ccc1NC(=O)c1cccc(NC(=O)c2ccc(N)c(C(F)(F)F)c2)c1. The Morgan fingerprint density at radius 2 is 1.52 bits per heavy atom. The zero-order valence-electron chi connectivity index (χ0n) is 16.4. The highest BCUT2D eigenvalue weighted by Crippen LogP contribution is 2.34. The van der Waals surface area contributed by atoms with Crippen molar-refractivity contribution in [2.75, 3.05) is 22.1 Å². The number of nitrogen functional groups attached to an aromatic ring is 2. The van der Waals surface area contributed by atoms with Gasteiger partial charge in [0.1, 0.15) is 0 Å². The molecule has 6 N–H and O–H groups in total. The Labute approximate surface area is 176 Å². The van der Waals surface area contributed by atoms with Crippen molar-refractivity contribution < 1.29 is 22.8 Å². The number of benzene rings is 3. The Bertz CT molecular complexity index is 1160. The van der Waals surface area contributed by atoms with Gasteiger partial charge in [0.05, 0.1) is 5.56 Å². The molecule has 0 aliphatic heterocycles. The first-order valence-electron chi connectivity index (χ1n) is 9.10. The number of nitrogens with one attached hydrogen (secondary N) is 2. The zero-order valence-corrected chi connectivity index (χ0v) is 16.4. The van der Waals surface area contributed by atoms with Crippen molar-refractivity contribution in [2.24, 2.45) is 0 Å². The quantitative estimate of drug-likeness (QED) is 0.452. The zero-order chi connectivity index (χ0) is 22.8. The first-order valence-corrected chi connectivity index (χ1v) is 9.10. The summed E-state index contributed by atoms with van der Waals surface area (Å²) in [4.78, 5) is 25.0. The van der Waals surface area contributed by atoms with Crippen LogP contribution in [-0.2, 0) is 6.18 Å². The summed E-state index contributed by atoms with van der Waals surface area (Å²) in [6, 6.07) is 14.0. The van der Waals surface area contributed by atoms with E-state index in [9.17, 15) is 22.8 Å². The van der Waals surface area contributed by atoms with Crippen molar-refractivity contribution in [1.82, 2.24) is 0 Å². The van der Waals surface area contributed by atoms with Crippen molar-refractivity contribution in [1.29, 1.82) is 0 Å². The molecule has 3 aromatic carbocycles. The van der Waals surface area contributed by atoms with E-state index in [2.05, 4.69) is 10.6 Å². The number of hydrogen-bond acceptors (Lipinski definition) is 4. The molecule has 0 saturated heterocycles. The van der Waals surface area contributed by atoms with Gasteiger partial charge >= 0.3 is 6.18 Å². The predicted octanol–water partition coefficient (Wildman–Crippen LogP) is 4.68. The van der Waals surface area contributed by atoms with Crippen LogP contribution in [0.15, 0.2) is 60.7 Å². The predicted molar refractivity (Wildman–Crippen MR) is 114 cm³/mol. The molecule has 0 spiro atoms. The van der Waals surface area contributed by atoms with Gasteiger partial charge in [0.2, 0.25) is 0 Å². The highest BCUT2D eigenvalue weighted by molar-refractivity contribution is 6.07. The third-order valence-electron chi connectivity index (χ3n) is 4.50. The standard InChI is InChI=1S/C22H19F3N4O2/c1-12-9-15(26)6-8-19(12)29-21(31)13-3-2-4-16(10-13)28-20(30)14-5-7-18(27)17(11-14)22(23,24)25/h2-11H,26-27H2,1H3,(H,28,30)(H,29,31). The maximum Gasteiger partial charge on any atom is 0.418 e. The molecule has 160 valence electrons. The normalized spacial score (nSPS) is 11.1. The van der Waals surface area contributed by atoms with Crippen molar-refractivity contribution in [3.05, 3.63) is 82.9 Å². The van der Waals surface area contributed by atoms with Crippen LogP contribution in [-0.4, -0.2) is 11.8 Å². The van der Waals surface area contributed by atoms with Gasteiger partial charge in [0, 0.05) is 33.9 Å². The smallest absolute Gasteiger partial charge is 0.399 e. The molecule has 0 bridgehead atoms. The maximum absolute atomic E-state index is 13.0. The van der Waals surface area contributed by atoms with E-state index in [-0.39, 0.29) is 16.8 Å². The molecular weight excluding hydrogens is 409 g/mol. The maximum atomic E-state index is 13.0. The van der Waals surface area contributed by atoms with Crippen LogP contribution in [0.5, 0.6) is 0 Å². The number of amides is 2. The van der Waals surface area contributed by atoms with Crippen molar-refractivity contribution >= 4 is 34.6 Å². The van der Waals surface area contributed by atoms with Gasteiger partial charge in [-0.15, -0.1) is 0 Å². The van der Waals surface area contributed by atoms with Crippen LogP contribution in [0.2, 0.25) is 0 Å². The van der Waals surface area contributed by atoms with E-state index in [1.807, 2.05) is 0 Å². The fourth-order valence-corrected chi connectivity index (χ4v) is 2.91. The molecule has 0 aromatic heterocycles. The largest absolute Gasteiger partial charge is 0.418 e. The molecule has 0 saturated carbocycles. The lowest BCUT2D eigenvalue weighted by Gasteiger charge is -2.13. The van der Waals surface area contributed by atoms with Crippen LogP contribution in [0.4, 0.5) is 35.9 Å². The van der Waals surface area contributed by atoms with E-state index in [1.54, 1.807) is 37.3 Å². The summed E-state index contributed by atoms with van der Waals surface area (Å²) in [6.45, 7) is 1.80. The molecule has 2 amide bonds. The third-order valence-corrected chi connectivity index (χ3v) is 4.50. The van der Waals surface area contributed by atoms with Crippen molar-refractivity contribution in [3.8, 4) is 0 Å². The molecule has 31 heavy (non-hydrogen) atoms. The third kappa shape index (κ3) is 5.13. The number of carbonyl (C=O) groups excluding carboxylic acids is 2. The van der Waals surface area contributed by atoms with Crippen LogP contribution in [0.25, 0.3) is 0 Å². The lowest BCUT2D eigenvalue weighted by Crippen LogP contribution is -2.16. The van der Waals surface area contributed by atoms with Gasteiger partial charge in [-0.1, -0.05) is 6.07 Å². The van der Waals surface area contributed by atoms with Gasteiger partial charge in [-0.25, -0.2) is 0 Å². The Hall–Kier alpha value is -4.01. The summed E-state index contributed by atoms with van der Waals surface area (Å²) in [5, 5.41) is 5.24. The summed E-state index contributed by atoms with van der Waals surface area (Å²) < 4.78 is 39.1. The molecule has 0 fully saturated rings. The number of hydrogen-bond donors (Lipinski definition) is 4. The molecule has 9 heteroatoms. The molecule has 0 heterocycles. The van der Waals surface area contributed by atoms with Gasteiger partial charge in [0.25, 0.3) is 11.8 Å². The second kappa shape index (κ2) is 8.39. The average molecular weight is 428 g/mol. The highest BCUT2D eigenvalue weighted by Gasteiger charge is 2.33. The van der Waals surface area contributed by atoms with Gasteiger partial charge in [0.15, 0.2) is 0 Å². The Morgan fingerprint density at radius 1 is 0.839 bits per heavy atom. The summed E-state index contributed by atoms with van der Waals surface area (Å²) in [5.74, 6) is -1.19. The van der Waals surface area contributed by atoms with Crippen LogP contribution in [0.3, 0.4) is 0 Å². The first kappa shape index (κ1) is 21.7. The summed E-state index contributed by atoms with van der Waals surface area (Å²) in [7, 11) is 0. The number of halogens is 3. The minimum absolute atomic E-state index is 0.214. The van der Waals surface area contributed by atoms with Gasteiger partial charge in [-0.05, 0) is 67.1 Å². The minimum atomic E-state index is -4.68. The van der Waals surface area contributed by atoms with Gasteiger partial charge < -0.3 is 22.1 Å². The number of alkyl halides is 3. The summed E-state index contributed by atoms with van der Waals surface area (Å²) in [5.41, 5.74) is 11.7. The number of aryl methyl sites for hydroxylation is 1. The molecular formula is C22H19F3N4O2. The summed E-state index contributed by atoms with van der Waals surface area (Å²) in [6.07, 6.45) is -4.68. The highest BCUT2D eigenvalue weighted by atomic mass is 19.4. The van der Waals surface area contributed by atoms with E-state index in [4.69, 9.17) is 11.5 Å². The molecule has 0 aliphatic carbocycles. The topological polar surface area (TPSA) is 110 Å². The summed E-state index contributed by atoms with van der Waals surface area (Å²) >= 11 is 0. The molecule has 0 unspecified atom stereocenters. The van der Waals surface area contributed by atoms with E-state index >= 15 is 0 Å². The number of anilines is 4. The number of carbonyl (C=O) groups is 2. The minimum Gasteiger partial charge on any atom is -0.399 e. The van der Waals surface area contributed by atoms with Crippen molar-refractivity contribution in [3.63, 3.8) is 0 Å². The average Bonchev–Trinajstić information content (AvgIpc) is 2.69. The number of nitrogens with two attached hydrogens (primary N) is 2. The molecule has 0 radical (unpaired) electrons. The van der Waals surface area contributed by atoms with Crippen molar-refractivity contribution in [2.45, 2.75) is 13.1 Å². The fraction of sp³-hybridized carbons (Fsp3) is 0.0909. The molecule has 3 aromatic rings. The Kier molecular flexibility index (Phi) is 5.87. The van der Waals surface area contributed by atoms with E-state index < -0.39 is 29.2 Å². The monoisotopic (exact) mass is 428 g/mol. The second-order valence-electron chi connectivity index (χ2n) is 6.86. The van der Waals surface area contributed by atoms with Gasteiger partial charge in [-0.2, -0.15) is 13.2 Å². The van der Waals surface area contributed by atoms with Crippen LogP contribution in [0, 0.1) is 6.92 Å². The van der Waals surface area contributed by atoms with E-state index in [0.29, 0.717) is 17.4 Å². The fourth-order valence-electron chi connectivity index (χ4n) is 2.91. The Morgan fingerprint density at radius 3 is 2.19 bits per heavy atom. The van der Waals surface area contributed by atoms with E-state index in [1.165, 1.54) is 18.2 Å². The van der Waals surface area contributed by atoms with E-state index in [0.717, 1.165) is 11.6 Å². The molecule has 0 atom stereocenters. The molecule has 6 nitrogen and oxygen atoms in total. The lowest BCUT2D eigenvalue weighted by molar-refractivity contribution is -0.136. The second-order valence-corrected chi connectivity index (χ2v) is 6.86. The Balaban J connectivity index is 1.77. The lowest BCUT2D eigenvalue weighted by atomic mass is 10.1. The number of rotatable bonds is 4. The molecule has 0 aliphatic rings. The van der Waals surface area contributed by atoms with Crippen LogP contribution in [0.1, 0.15) is 31.8 Å². The first-order chi connectivity index (χ1) is 14.5.